The van der Waals surface area contributed by atoms with E-state index < -0.39 is 10.0 Å². The largest absolute Gasteiger partial charge is 0.240 e. The quantitative estimate of drug-likeness (QED) is 0.907. The molecule has 1 aliphatic carbocycles. The van der Waals surface area contributed by atoms with E-state index in [2.05, 4.69) is 27.6 Å². The van der Waals surface area contributed by atoms with Crippen molar-refractivity contribution in [2.75, 3.05) is 0 Å². The molecule has 94 valence electrons. The molecule has 5 heteroatoms. The maximum Gasteiger partial charge on any atom is 0.240 e. The van der Waals surface area contributed by atoms with Gasteiger partial charge in [0.2, 0.25) is 10.0 Å². The molecular weight excluding hydrogens is 302 g/mol. The van der Waals surface area contributed by atoms with Gasteiger partial charge < -0.3 is 0 Å². The summed E-state index contributed by atoms with van der Waals surface area (Å²) >= 11 is 3.29. The second kappa shape index (κ2) is 5.08. The highest BCUT2D eigenvalue weighted by atomic mass is 79.9. The SMILES string of the molecule is CCCC1CC1NS(=O)(=O)c1ccc(Br)cc1. The lowest BCUT2D eigenvalue weighted by Gasteiger charge is -2.06. The normalized spacial score (nSPS) is 23.6. The van der Waals surface area contributed by atoms with Crippen molar-refractivity contribution in [2.24, 2.45) is 5.92 Å². The first-order chi connectivity index (χ1) is 8.03. The molecule has 0 heterocycles. The third kappa shape index (κ3) is 3.30. The molecule has 1 N–H and O–H groups in total. The van der Waals surface area contributed by atoms with Crippen LogP contribution < -0.4 is 4.72 Å². The van der Waals surface area contributed by atoms with Crippen molar-refractivity contribution in [1.29, 1.82) is 0 Å². The number of rotatable bonds is 5. The van der Waals surface area contributed by atoms with E-state index in [1.165, 1.54) is 0 Å². The Bertz CT molecular complexity index is 484. The van der Waals surface area contributed by atoms with Gasteiger partial charge in [0.05, 0.1) is 4.90 Å². The summed E-state index contributed by atoms with van der Waals surface area (Å²) in [7, 11) is -3.34. The van der Waals surface area contributed by atoms with Crippen molar-refractivity contribution in [3.63, 3.8) is 0 Å². The predicted molar refractivity (Wildman–Crippen MR) is 71.3 cm³/mol. The zero-order valence-electron chi connectivity index (χ0n) is 9.69. The van der Waals surface area contributed by atoms with Gasteiger partial charge in [-0.05, 0) is 43.0 Å². The smallest absolute Gasteiger partial charge is 0.208 e. The lowest BCUT2D eigenvalue weighted by atomic mass is 10.2. The average molecular weight is 318 g/mol. The molecule has 1 fully saturated rings. The predicted octanol–water partition coefficient (Wildman–Crippen LogP) is 2.92. The van der Waals surface area contributed by atoms with Crippen LogP contribution in [-0.4, -0.2) is 14.5 Å². The molecule has 1 aliphatic rings. The second-order valence-corrected chi connectivity index (χ2v) is 7.10. The maximum absolute atomic E-state index is 12.0. The summed E-state index contributed by atoms with van der Waals surface area (Å²) in [5.41, 5.74) is 0. The molecule has 2 rings (SSSR count). The maximum atomic E-state index is 12.0. The van der Waals surface area contributed by atoms with Gasteiger partial charge in [-0.1, -0.05) is 29.3 Å². The van der Waals surface area contributed by atoms with Gasteiger partial charge in [-0.25, -0.2) is 13.1 Å². The topological polar surface area (TPSA) is 46.2 Å². The summed E-state index contributed by atoms with van der Waals surface area (Å²) in [6, 6.07) is 6.85. The van der Waals surface area contributed by atoms with Gasteiger partial charge >= 0.3 is 0 Å². The van der Waals surface area contributed by atoms with E-state index in [-0.39, 0.29) is 6.04 Å². The molecule has 2 atom stereocenters. The lowest BCUT2D eigenvalue weighted by molar-refractivity contribution is 0.573. The van der Waals surface area contributed by atoms with E-state index in [4.69, 9.17) is 0 Å². The van der Waals surface area contributed by atoms with Crippen LogP contribution in [0, 0.1) is 5.92 Å². The van der Waals surface area contributed by atoms with E-state index in [9.17, 15) is 8.42 Å². The summed E-state index contributed by atoms with van der Waals surface area (Å²) in [6.45, 7) is 2.12. The molecule has 17 heavy (non-hydrogen) atoms. The van der Waals surface area contributed by atoms with Crippen LogP contribution in [0.4, 0.5) is 0 Å². The van der Waals surface area contributed by atoms with Crippen molar-refractivity contribution in [1.82, 2.24) is 4.72 Å². The van der Waals surface area contributed by atoms with Crippen LogP contribution in [0.1, 0.15) is 26.2 Å². The first-order valence-corrected chi connectivity index (χ1v) is 8.08. The molecule has 1 saturated carbocycles. The fraction of sp³-hybridized carbons (Fsp3) is 0.500. The lowest BCUT2D eigenvalue weighted by Crippen LogP contribution is -2.27. The Morgan fingerprint density at radius 2 is 2.00 bits per heavy atom. The van der Waals surface area contributed by atoms with Gasteiger partial charge in [0, 0.05) is 10.5 Å². The molecule has 0 bridgehead atoms. The molecule has 0 aromatic heterocycles. The Morgan fingerprint density at radius 3 is 2.59 bits per heavy atom. The van der Waals surface area contributed by atoms with Gasteiger partial charge in [0.1, 0.15) is 0 Å². The number of hydrogen-bond donors (Lipinski definition) is 1. The van der Waals surface area contributed by atoms with E-state index in [0.717, 1.165) is 23.7 Å². The van der Waals surface area contributed by atoms with Crippen molar-refractivity contribution in [3.8, 4) is 0 Å². The Kier molecular flexibility index (Phi) is 3.90. The van der Waals surface area contributed by atoms with Crippen molar-refractivity contribution >= 4 is 26.0 Å². The third-order valence-corrected chi connectivity index (χ3v) is 5.05. The number of benzene rings is 1. The van der Waals surface area contributed by atoms with Crippen LogP contribution in [0.2, 0.25) is 0 Å². The summed E-state index contributed by atoms with van der Waals surface area (Å²) in [5.74, 6) is 0.533. The van der Waals surface area contributed by atoms with Gasteiger partial charge in [-0.3, -0.25) is 0 Å². The van der Waals surface area contributed by atoms with Crippen LogP contribution in [0.3, 0.4) is 0 Å². The molecule has 3 nitrogen and oxygen atoms in total. The van der Waals surface area contributed by atoms with Crippen molar-refractivity contribution in [2.45, 2.75) is 37.1 Å². The minimum Gasteiger partial charge on any atom is -0.208 e. The zero-order valence-corrected chi connectivity index (χ0v) is 12.1. The fourth-order valence-electron chi connectivity index (χ4n) is 1.96. The van der Waals surface area contributed by atoms with Crippen LogP contribution in [-0.2, 0) is 10.0 Å². The van der Waals surface area contributed by atoms with Crippen molar-refractivity contribution in [3.05, 3.63) is 28.7 Å². The third-order valence-electron chi connectivity index (χ3n) is 3.01. The molecule has 0 spiro atoms. The summed E-state index contributed by atoms with van der Waals surface area (Å²) in [4.78, 5) is 0.336. The van der Waals surface area contributed by atoms with E-state index in [1.54, 1.807) is 24.3 Å². The second-order valence-electron chi connectivity index (χ2n) is 4.47. The molecular formula is C12H16BrNO2S. The number of halogens is 1. The zero-order chi connectivity index (χ0) is 12.5. The van der Waals surface area contributed by atoms with Gasteiger partial charge in [-0.15, -0.1) is 0 Å². The molecule has 0 amide bonds. The minimum atomic E-state index is -3.34. The molecule has 1 aromatic carbocycles. The van der Waals surface area contributed by atoms with E-state index in [1.807, 2.05) is 0 Å². The van der Waals surface area contributed by atoms with Gasteiger partial charge in [0.15, 0.2) is 0 Å². The number of nitrogens with one attached hydrogen (secondary N) is 1. The summed E-state index contributed by atoms with van der Waals surface area (Å²) < 4.78 is 27.7. The Hall–Kier alpha value is -0.390. The van der Waals surface area contributed by atoms with E-state index >= 15 is 0 Å². The highest BCUT2D eigenvalue weighted by molar-refractivity contribution is 9.10. The van der Waals surface area contributed by atoms with Gasteiger partial charge in [-0.2, -0.15) is 0 Å². The van der Waals surface area contributed by atoms with E-state index in [0.29, 0.717) is 10.8 Å². The minimum absolute atomic E-state index is 0.142. The Labute approximate surface area is 111 Å². The van der Waals surface area contributed by atoms with Crippen LogP contribution >= 0.6 is 15.9 Å². The van der Waals surface area contributed by atoms with Crippen LogP contribution in [0.5, 0.6) is 0 Å². The fourth-order valence-corrected chi connectivity index (χ4v) is 3.54. The first-order valence-electron chi connectivity index (χ1n) is 5.81. The molecule has 0 aliphatic heterocycles. The summed E-state index contributed by atoms with van der Waals surface area (Å²) in [6.07, 6.45) is 3.19. The molecule has 0 radical (unpaired) electrons. The number of hydrogen-bond acceptors (Lipinski definition) is 2. The van der Waals surface area contributed by atoms with Crippen molar-refractivity contribution < 1.29 is 8.42 Å². The Balaban J connectivity index is 2.03. The van der Waals surface area contributed by atoms with Crippen LogP contribution in [0.15, 0.2) is 33.6 Å². The molecule has 0 saturated heterocycles. The summed E-state index contributed by atoms with van der Waals surface area (Å²) in [5, 5.41) is 0. The highest BCUT2D eigenvalue weighted by Gasteiger charge is 2.39. The number of sulfonamides is 1. The average Bonchev–Trinajstić information content (AvgIpc) is 2.96. The standard InChI is InChI=1S/C12H16BrNO2S/c1-2-3-9-8-12(9)14-17(15,16)11-6-4-10(13)5-7-11/h4-7,9,12,14H,2-3,8H2,1H3. The molecule has 1 aromatic rings. The first kappa shape index (κ1) is 13.1. The highest BCUT2D eigenvalue weighted by Crippen LogP contribution is 2.35. The molecule has 2 unspecified atom stereocenters. The monoisotopic (exact) mass is 317 g/mol. The van der Waals surface area contributed by atoms with Gasteiger partial charge in [0.25, 0.3) is 0 Å². The van der Waals surface area contributed by atoms with Crippen LogP contribution in [0.25, 0.3) is 0 Å². The Morgan fingerprint density at radius 1 is 1.35 bits per heavy atom.